The highest BCUT2D eigenvalue weighted by Crippen LogP contribution is 2.12. The number of imide groups is 1. The van der Waals surface area contributed by atoms with Crippen LogP contribution in [0.4, 0.5) is 0 Å². The lowest BCUT2D eigenvalue weighted by molar-refractivity contribution is -0.137. The highest BCUT2D eigenvalue weighted by atomic mass is 16.2. The number of pyridine rings is 1. The van der Waals surface area contributed by atoms with Gasteiger partial charge in [0.25, 0.3) is 11.8 Å². The standard InChI is InChI=1S/C11H7N3O2/c12-6-9-8(2-1-5-13-9)7-14-10(15)3-4-11(14)16/h1-5H,7H2. The fraction of sp³-hybridized carbons (Fsp3) is 0.0909. The van der Waals surface area contributed by atoms with Crippen molar-refractivity contribution in [3.05, 3.63) is 41.7 Å². The van der Waals surface area contributed by atoms with Crippen LogP contribution in [0.3, 0.4) is 0 Å². The van der Waals surface area contributed by atoms with Crippen LogP contribution >= 0.6 is 0 Å². The smallest absolute Gasteiger partial charge is 0.253 e. The van der Waals surface area contributed by atoms with Crippen LogP contribution in [0.1, 0.15) is 11.3 Å². The molecule has 0 fully saturated rings. The van der Waals surface area contributed by atoms with Crippen molar-refractivity contribution in [2.24, 2.45) is 0 Å². The van der Waals surface area contributed by atoms with Gasteiger partial charge in [0, 0.05) is 23.9 Å². The summed E-state index contributed by atoms with van der Waals surface area (Å²) in [5.74, 6) is -0.726. The molecule has 5 nitrogen and oxygen atoms in total. The summed E-state index contributed by atoms with van der Waals surface area (Å²) in [4.78, 5) is 27.5. The van der Waals surface area contributed by atoms with Gasteiger partial charge in [0.15, 0.2) is 0 Å². The van der Waals surface area contributed by atoms with Gasteiger partial charge in [0.05, 0.1) is 6.54 Å². The Morgan fingerprint density at radius 2 is 2.00 bits per heavy atom. The van der Waals surface area contributed by atoms with Crippen molar-refractivity contribution >= 4 is 11.8 Å². The number of amides is 2. The number of rotatable bonds is 2. The minimum absolute atomic E-state index is 0.0847. The Hall–Kier alpha value is -2.48. The Labute approximate surface area is 91.6 Å². The summed E-state index contributed by atoms with van der Waals surface area (Å²) in [6.45, 7) is 0.0847. The molecule has 78 valence electrons. The number of hydrogen-bond acceptors (Lipinski definition) is 4. The van der Waals surface area contributed by atoms with E-state index in [0.717, 1.165) is 4.90 Å². The molecule has 1 aromatic rings. The molecule has 0 N–H and O–H groups in total. The van der Waals surface area contributed by atoms with Gasteiger partial charge in [-0.25, -0.2) is 4.98 Å². The third-order valence-electron chi connectivity index (χ3n) is 2.23. The summed E-state index contributed by atoms with van der Waals surface area (Å²) < 4.78 is 0. The molecule has 5 heteroatoms. The molecule has 0 atom stereocenters. The molecule has 1 aliphatic rings. The lowest BCUT2D eigenvalue weighted by atomic mass is 10.2. The maximum absolute atomic E-state index is 11.3. The summed E-state index contributed by atoms with van der Waals surface area (Å²) in [5.41, 5.74) is 0.797. The molecule has 2 heterocycles. The Balaban J connectivity index is 2.25. The van der Waals surface area contributed by atoms with Crippen LogP contribution in [0.25, 0.3) is 0 Å². The van der Waals surface area contributed by atoms with Crippen LogP contribution in [0.15, 0.2) is 30.5 Å². The zero-order valence-corrected chi connectivity index (χ0v) is 8.25. The van der Waals surface area contributed by atoms with E-state index in [2.05, 4.69) is 4.98 Å². The van der Waals surface area contributed by atoms with Gasteiger partial charge >= 0.3 is 0 Å². The monoisotopic (exact) mass is 213 g/mol. The van der Waals surface area contributed by atoms with E-state index in [4.69, 9.17) is 5.26 Å². The van der Waals surface area contributed by atoms with E-state index in [-0.39, 0.29) is 24.1 Å². The van der Waals surface area contributed by atoms with E-state index in [0.29, 0.717) is 5.56 Å². The first-order valence-electron chi connectivity index (χ1n) is 4.60. The minimum atomic E-state index is -0.363. The highest BCUT2D eigenvalue weighted by Gasteiger charge is 2.24. The topological polar surface area (TPSA) is 74.1 Å². The molecule has 0 saturated carbocycles. The van der Waals surface area contributed by atoms with Gasteiger partial charge in [-0.3, -0.25) is 14.5 Å². The van der Waals surface area contributed by atoms with Crippen molar-refractivity contribution in [2.75, 3.05) is 0 Å². The van der Waals surface area contributed by atoms with Crippen LogP contribution in [0, 0.1) is 11.3 Å². The molecule has 0 unspecified atom stereocenters. The van der Waals surface area contributed by atoms with Gasteiger partial charge in [-0.1, -0.05) is 6.07 Å². The van der Waals surface area contributed by atoms with Crippen molar-refractivity contribution in [3.63, 3.8) is 0 Å². The fourth-order valence-corrected chi connectivity index (χ4v) is 1.42. The summed E-state index contributed by atoms with van der Waals surface area (Å²) in [6.07, 6.45) is 3.92. The first-order valence-corrected chi connectivity index (χ1v) is 4.60. The van der Waals surface area contributed by atoms with Gasteiger partial charge in [0.2, 0.25) is 0 Å². The van der Waals surface area contributed by atoms with Gasteiger partial charge < -0.3 is 0 Å². The zero-order chi connectivity index (χ0) is 11.5. The highest BCUT2D eigenvalue weighted by molar-refractivity contribution is 6.12. The molecule has 0 saturated heterocycles. The maximum Gasteiger partial charge on any atom is 0.253 e. The van der Waals surface area contributed by atoms with Crippen molar-refractivity contribution < 1.29 is 9.59 Å². The molecule has 0 bridgehead atoms. The van der Waals surface area contributed by atoms with Gasteiger partial charge in [-0.15, -0.1) is 0 Å². The van der Waals surface area contributed by atoms with E-state index in [1.54, 1.807) is 12.1 Å². The molecule has 1 aromatic heterocycles. The van der Waals surface area contributed by atoms with Crippen molar-refractivity contribution in [2.45, 2.75) is 6.54 Å². The molecule has 2 amide bonds. The molecule has 16 heavy (non-hydrogen) atoms. The predicted octanol–water partition coefficient (Wildman–Crippen LogP) is 0.378. The van der Waals surface area contributed by atoms with Gasteiger partial charge in [-0.2, -0.15) is 5.26 Å². The van der Waals surface area contributed by atoms with Crippen molar-refractivity contribution in [1.29, 1.82) is 5.26 Å². The lowest BCUT2D eigenvalue weighted by Crippen LogP contribution is -2.29. The number of nitrogens with zero attached hydrogens (tertiary/aromatic N) is 3. The maximum atomic E-state index is 11.3. The number of carbonyl (C=O) groups excluding carboxylic acids is 2. The Morgan fingerprint density at radius 1 is 1.31 bits per heavy atom. The van der Waals surface area contributed by atoms with Crippen molar-refractivity contribution in [3.8, 4) is 6.07 Å². The predicted molar refractivity (Wildman–Crippen MR) is 53.6 cm³/mol. The normalized spacial score (nSPS) is 14.3. The molecule has 2 rings (SSSR count). The average Bonchev–Trinajstić information content (AvgIpc) is 2.61. The lowest BCUT2D eigenvalue weighted by Gasteiger charge is -2.13. The van der Waals surface area contributed by atoms with E-state index in [9.17, 15) is 9.59 Å². The molecule has 1 aliphatic heterocycles. The second-order valence-electron chi connectivity index (χ2n) is 3.22. The molecule has 0 aliphatic carbocycles. The average molecular weight is 213 g/mol. The van der Waals surface area contributed by atoms with Gasteiger partial charge in [0.1, 0.15) is 11.8 Å². The number of aromatic nitrogens is 1. The molecular weight excluding hydrogens is 206 g/mol. The second kappa shape index (κ2) is 3.95. The first kappa shape index (κ1) is 10.1. The molecule has 0 spiro atoms. The zero-order valence-electron chi connectivity index (χ0n) is 8.25. The Bertz CT molecular complexity index is 510. The summed E-state index contributed by atoms with van der Waals surface area (Å²) in [5, 5.41) is 8.81. The summed E-state index contributed by atoms with van der Waals surface area (Å²) in [6, 6.07) is 5.25. The summed E-state index contributed by atoms with van der Waals surface area (Å²) in [7, 11) is 0. The fourth-order valence-electron chi connectivity index (χ4n) is 1.42. The van der Waals surface area contributed by atoms with Crippen LogP contribution in [0.2, 0.25) is 0 Å². The van der Waals surface area contributed by atoms with Gasteiger partial charge in [-0.05, 0) is 6.07 Å². The summed E-state index contributed by atoms with van der Waals surface area (Å²) >= 11 is 0. The third-order valence-corrected chi connectivity index (χ3v) is 2.23. The van der Waals surface area contributed by atoms with E-state index in [1.165, 1.54) is 18.3 Å². The third kappa shape index (κ3) is 1.68. The quantitative estimate of drug-likeness (QED) is 0.665. The number of carbonyl (C=O) groups is 2. The van der Waals surface area contributed by atoms with Crippen LogP contribution in [-0.2, 0) is 16.1 Å². The Kier molecular flexibility index (Phi) is 2.48. The van der Waals surface area contributed by atoms with Crippen LogP contribution in [-0.4, -0.2) is 21.7 Å². The van der Waals surface area contributed by atoms with Crippen LogP contribution < -0.4 is 0 Å². The molecule has 0 radical (unpaired) electrons. The SMILES string of the molecule is N#Cc1ncccc1CN1C(=O)C=CC1=O. The van der Waals surface area contributed by atoms with E-state index >= 15 is 0 Å². The van der Waals surface area contributed by atoms with E-state index < -0.39 is 0 Å². The first-order chi connectivity index (χ1) is 7.72. The van der Waals surface area contributed by atoms with Crippen molar-refractivity contribution in [1.82, 2.24) is 9.88 Å². The number of hydrogen-bond donors (Lipinski definition) is 0. The number of nitriles is 1. The van der Waals surface area contributed by atoms with Crippen LogP contribution in [0.5, 0.6) is 0 Å². The minimum Gasteiger partial charge on any atom is -0.271 e. The van der Waals surface area contributed by atoms with E-state index in [1.807, 2.05) is 6.07 Å². The Morgan fingerprint density at radius 3 is 2.62 bits per heavy atom. The molecule has 0 aromatic carbocycles. The second-order valence-corrected chi connectivity index (χ2v) is 3.22. The largest absolute Gasteiger partial charge is 0.271 e. The molecular formula is C11H7N3O2.